The smallest absolute Gasteiger partial charge is 0.136 e. The van der Waals surface area contributed by atoms with Gasteiger partial charge in [0.25, 0.3) is 0 Å². The van der Waals surface area contributed by atoms with Gasteiger partial charge in [0.15, 0.2) is 0 Å². The fourth-order valence-corrected chi connectivity index (χ4v) is 2.97. The van der Waals surface area contributed by atoms with Crippen LogP contribution in [0.4, 0.5) is 0 Å². The third-order valence-corrected chi connectivity index (χ3v) is 5.01. The van der Waals surface area contributed by atoms with Crippen LogP contribution in [-0.4, -0.2) is 20.1 Å². The predicted octanol–water partition coefficient (Wildman–Crippen LogP) is 3.09. The highest BCUT2D eigenvalue weighted by atomic mass is 79.9. The van der Waals surface area contributed by atoms with Crippen LogP contribution in [0, 0.1) is 0 Å². The Hall–Kier alpha value is -0.430. The van der Waals surface area contributed by atoms with Gasteiger partial charge in [-0.1, -0.05) is 15.9 Å². The molecule has 0 aliphatic carbocycles. The second-order valence-corrected chi connectivity index (χ2v) is 8.94. The molecule has 0 radical (unpaired) electrons. The van der Waals surface area contributed by atoms with E-state index in [2.05, 4.69) is 25.6 Å². The fourth-order valence-electron chi connectivity index (χ4n) is 1.74. The molecule has 0 spiro atoms. The van der Waals surface area contributed by atoms with Crippen molar-refractivity contribution in [3.8, 4) is 0 Å². The molecule has 0 amide bonds. The summed E-state index contributed by atoms with van der Waals surface area (Å²) in [6.45, 7) is 9.04. The van der Waals surface area contributed by atoms with Crippen LogP contribution < -0.4 is 4.72 Å². The molecule has 0 aliphatic rings. The molecule has 6 heteroatoms. The average Bonchev–Trinajstić information content (AvgIpc) is 2.26. The van der Waals surface area contributed by atoms with Gasteiger partial charge in [-0.3, -0.25) is 9.78 Å². The number of carbonyl (C=O) groups is 1. The maximum Gasteiger partial charge on any atom is 0.136 e. The number of Topliss-reactive ketones (excluding diaryl/α,β-unsaturated/α-hetero) is 1. The molecule has 4 nitrogen and oxygen atoms in total. The van der Waals surface area contributed by atoms with Crippen LogP contribution in [0.2, 0.25) is 0 Å². The van der Waals surface area contributed by atoms with Gasteiger partial charge in [0.2, 0.25) is 0 Å². The number of nitrogens with zero attached hydrogens (tertiary/aromatic N) is 1. The minimum Gasteiger partial charge on any atom is -0.598 e. The minimum atomic E-state index is -1.29. The first-order chi connectivity index (χ1) is 9.04. The summed E-state index contributed by atoms with van der Waals surface area (Å²) in [5.41, 5.74) is -0.0621. The predicted molar refractivity (Wildman–Crippen MR) is 85.6 cm³/mol. The lowest BCUT2D eigenvalue weighted by Gasteiger charge is -2.34. The number of aromatic nitrogens is 1. The first-order valence-corrected chi connectivity index (χ1v) is 8.30. The standard InChI is InChI=1S/C14H21BrN2O2S/c1-10(18)9-14(5,17-20(19)13(2,3)4)12-8-11(15)6-7-16-12/h6-8,17H,9H2,1-5H3/t14-,20+/m0/s1. The van der Waals surface area contributed by atoms with Crippen LogP contribution in [0.25, 0.3) is 0 Å². The molecule has 2 atom stereocenters. The largest absolute Gasteiger partial charge is 0.598 e. The third kappa shape index (κ3) is 4.84. The Morgan fingerprint density at radius 1 is 1.45 bits per heavy atom. The SMILES string of the molecule is CC(=O)C[C@](C)(N[S@+]([O-])C(C)(C)C)c1cc(Br)ccn1. The van der Waals surface area contributed by atoms with Crippen molar-refractivity contribution in [3.05, 3.63) is 28.5 Å². The van der Waals surface area contributed by atoms with E-state index >= 15 is 0 Å². The maximum absolute atomic E-state index is 12.4. The topological polar surface area (TPSA) is 65.0 Å². The average molecular weight is 361 g/mol. The van der Waals surface area contributed by atoms with E-state index in [1.54, 1.807) is 6.20 Å². The van der Waals surface area contributed by atoms with E-state index in [1.165, 1.54) is 6.92 Å². The molecule has 1 aromatic heterocycles. The van der Waals surface area contributed by atoms with Crippen LogP contribution in [0.15, 0.2) is 22.8 Å². The molecule has 20 heavy (non-hydrogen) atoms. The summed E-state index contributed by atoms with van der Waals surface area (Å²) < 4.78 is 15.9. The lowest BCUT2D eigenvalue weighted by molar-refractivity contribution is -0.118. The summed E-state index contributed by atoms with van der Waals surface area (Å²) in [4.78, 5) is 15.9. The number of hydrogen-bond acceptors (Lipinski definition) is 4. The zero-order chi connectivity index (χ0) is 15.6. The van der Waals surface area contributed by atoms with Crippen molar-refractivity contribution in [1.82, 2.24) is 9.71 Å². The van der Waals surface area contributed by atoms with Crippen LogP contribution in [0.5, 0.6) is 0 Å². The molecule has 0 saturated heterocycles. The Morgan fingerprint density at radius 2 is 2.05 bits per heavy atom. The normalized spacial score (nSPS) is 16.6. The molecule has 1 aromatic rings. The van der Waals surface area contributed by atoms with E-state index in [1.807, 2.05) is 39.8 Å². The van der Waals surface area contributed by atoms with Gasteiger partial charge in [0.05, 0.1) is 5.69 Å². The van der Waals surface area contributed by atoms with Crippen molar-refractivity contribution in [2.24, 2.45) is 0 Å². The van der Waals surface area contributed by atoms with E-state index in [0.29, 0.717) is 5.69 Å². The van der Waals surface area contributed by atoms with E-state index in [-0.39, 0.29) is 12.2 Å². The number of carbonyl (C=O) groups excluding carboxylic acids is 1. The Morgan fingerprint density at radius 3 is 2.50 bits per heavy atom. The van der Waals surface area contributed by atoms with Gasteiger partial charge in [-0.2, -0.15) is 0 Å². The summed E-state index contributed by atoms with van der Waals surface area (Å²) in [5, 5.41) is 0. The Kier molecular flexibility index (Phi) is 5.78. The van der Waals surface area contributed by atoms with E-state index in [4.69, 9.17) is 0 Å². The molecule has 112 valence electrons. The Balaban J connectivity index is 3.13. The molecule has 0 bridgehead atoms. The number of hydrogen-bond donors (Lipinski definition) is 1. The van der Waals surface area contributed by atoms with Crippen LogP contribution in [0.1, 0.15) is 46.7 Å². The van der Waals surface area contributed by atoms with Gasteiger partial charge in [0, 0.05) is 28.5 Å². The van der Waals surface area contributed by atoms with E-state index in [9.17, 15) is 9.35 Å². The molecule has 0 saturated carbocycles. The third-order valence-electron chi connectivity index (χ3n) is 2.76. The number of nitrogens with one attached hydrogen (secondary N) is 1. The molecular formula is C14H21BrN2O2S. The quantitative estimate of drug-likeness (QED) is 0.819. The zero-order valence-corrected chi connectivity index (χ0v) is 14.9. The van der Waals surface area contributed by atoms with Crippen molar-refractivity contribution < 1.29 is 9.35 Å². The molecule has 1 heterocycles. The minimum absolute atomic E-state index is 0.0210. The van der Waals surface area contributed by atoms with Gasteiger partial charge < -0.3 is 4.55 Å². The van der Waals surface area contributed by atoms with Gasteiger partial charge in [-0.15, -0.1) is 4.72 Å². The van der Waals surface area contributed by atoms with Crippen molar-refractivity contribution in [3.63, 3.8) is 0 Å². The summed E-state index contributed by atoms with van der Waals surface area (Å²) in [5.74, 6) is 0.0210. The molecular weight excluding hydrogens is 340 g/mol. The number of pyridine rings is 1. The summed E-state index contributed by atoms with van der Waals surface area (Å²) >= 11 is 2.11. The van der Waals surface area contributed by atoms with Crippen LogP contribution in [-0.2, 0) is 21.7 Å². The first-order valence-electron chi connectivity index (χ1n) is 6.36. The van der Waals surface area contributed by atoms with Crippen LogP contribution >= 0.6 is 15.9 Å². The lowest BCUT2D eigenvalue weighted by atomic mass is 9.92. The molecule has 0 aromatic carbocycles. The first kappa shape index (κ1) is 17.6. The van der Waals surface area contributed by atoms with Gasteiger partial charge in [0.1, 0.15) is 16.1 Å². The second kappa shape index (κ2) is 6.56. The Labute approximate surface area is 132 Å². The van der Waals surface area contributed by atoms with E-state index in [0.717, 1.165) is 4.47 Å². The molecule has 1 N–H and O–H groups in total. The second-order valence-electron chi connectivity index (χ2n) is 6.05. The van der Waals surface area contributed by atoms with Crippen molar-refractivity contribution in [2.45, 2.75) is 51.3 Å². The van der Waals surface area contributed by atoms with Crippen molar-refractivity contribution in [1.29, 1.82) is 0 Å². The van der Waals surface area contributed by atoms with E-state index < -0.39 is 21.6 Å². The number of ketones is 1. The monoisotopic (exact) mass is 360 g/mol. The van der Waals surface area contributed by atoms with Gasteiger partial charge >= 0.3 is 0 Å². The lowest BCUT2D eigenvalue weighted by Crippen LogP contribution is -2.51. The van der Waals surface area contributed by atoms with Crippen LogP contribution in [0.3, 0.4) is 0 Å². The highest BCUT2D eigenvalue weighted by molar-refractivity contribution is 9.10. The Bertz CT molecular complexity index is 490. The molecule has 1 rings (SSSR count). The summed E-state index contributed by atoms with van der Waals surface area (Å²) in [6.07, 6.45) is 1.90. The maximum atomic E-state index is 12.4. The zero-order valence-electron chi connectivity index (χ0n) is 12.5. The molecule has 0 fully saturated rings. The number of halogens is 1. The summed E-state index contributed by atoms with van der Waals surface area (Å²) in [6, 6.07) is 3.66. The summed E-state index contributed by atoms with van der Waals surface area (Å²) in [7, 11) is 0. The van der Waals surface area contributed by atoms with Crippen molar-refractivity contribution in [2.75, 3.05) is 0 Å². The number of rotatable bonds is 5. The van der Waals surface area contributed by atoms with Gasteiger partial charge in [-0.25, -0.2) is 0 Å². The fraction of sp³-hybridized carbons (Fsp3) is 0.571. The van der Waals surface area contributed by atoms with Gasteiger partial charge in [-0.05, 0) is 46.8 Å². The molecule has 0 aliphatic heterocycles. The molecule has 0 unspecified atom stereocenters. The highest BCUT2D eigenvalue weighted by Gasteiger charge is 2.39. The highest BCUT2D eigenvalue weighted by Crippen LogP contribution is 2.28. The van der Waals surface area contributed by atoms with Crippen molar-refractivity contribution >= 4 is 33.1 Å².